The molecule has 1 rings (SSSR count). The van der Waals surface area contributed by atoms with Crippen molar-refractivity contribution in [2.45, 2.75) is 236 Å². The van der Waals surface area contributed by atoms with Crippen LogP contribution in [0.3, 0.4) is 0 Å². The highest BCUT2D eigenvalue weighted by molar-refractivity contribution is 7.47. The van der Waals surface area contributed by atoms with Gasteiger partial charge in [0.05, 0.1) is 6.61 Å². The number of ether oxygens (including phenoxy) is 2. The Balaban J connectivity index is 2.45. The van der Waals surface area contributed by atoms with Gasteiger partial charge in [0.15, 0.2) is 6.10 Å². The number of rotatable bonds is 37. The Morgan fingerprint density at radius 3 is 1.37 bits per heavy atom. The van der Waals surface area contributed by atoms with Gasteiger partial charge < -0.3 is 39.9 Å². The van der Waals surface area contributed by atoms with Crippen LogP contribution in [0.2, 0.25) is 0 Å². The van der Waals surface area contributed by atoms with Crippen LogP contribution < -0.4 is 0 Å². The van der Waals surface area contributed by atoms with Gasteiger partial charge in [-0.15, -0.1) is 0 Å². The molecule has 6 N–H and O–H groups in total. The summed E-state index contributed by atoms with van der Waals surface area (Å²) >= 11 is 0. The van der Waals surface area contributed by atoms with E-state index in [0.717, 1.165) is 57.8 Å². The molecule has 57 heavy (non-hydrogen) atoms. The monoisotopic (exact) mass is 837 g/mol. The van der Waals surface area contributed by atoms with Crippen molar-refractivity contribution in [2.75, 3.05) is 13.2 Å². The molecule has 6 unspecified atom stereocenters. The summed E-state index contributed by atoms with van der Waals surface area (Å²) in [5.41, 5.74) is 0. The Labute approximate surface area is 343 Å². The summed E-state index contributed by atoms with van der Waals surface area (Å²) in [6.07, 6.45) is 21.3. The van der Waals surface area contributed by atoms with E-state index in [2.05, 4.69) is 26.0 Å². The Morgan fingerprint density at radius 2 is 0.895 bits per heavy atom. The minimum atomic E-state index is -5.11. The fraction of sp³-hybridized carbons (Fsp3) is 0.907. The van der Waals surface area contributed by atoms with E-state index < -0.39 is 75.7 Å². The largest absolute Gasteiger partial charge is 0.472 e. The van der Waals surface area contributed by atoms with Gasteiger partial charge in [-0.05, 0) is 38.5 Å². The second-order valence-corrected chi connectivity index (χ2v) is 17.3. The van der Waals surface area contributed by atoms with Crippen LogP contribution in [0.4, 0.5) is 0 Å². The zero-order valence-corrected chi connectivity index (χ0v) is 36.3. The Kier molecular flexibility index (Phi) is 32.3. The molecule has 0 bridgehead atoms. The number of carbonyl (C=O) groups excluding carboxylic acids is 2. The number of phosphoric acid groups is 1. The SMILES string of the molecule is CCCCC/C=C\CCCCCCCC(=O)OC(COC(=O)CCCCCCCCCCCCCCCCCC)COP(=O)(O)OC1C(O)C(O)C(O)C(O)C1O. The van der Waals surface area contributed by atoms with Gasteiger partial charge in [0.1, 0.15) is 43.2 Å². The van der Waals surface area contributed by atoms with Gasteiger partial charge >= 0.3 is 19.8 Å². The minimum absolute atomic E-state index is 0.0901. The fourth-order valence-corrected chi connectivity index (χ4v) is 7.90. The lowest BCUT2D eigenvalue weighted by molar-refractivity contribution is -0.220. The van der Waals surface area contributed by atoms with Crippen molar-refractivity contribution in [2.24, 2.45) is 0 Å². The zero-order chi connectivity index (χ0) is 42.2. The topological polar surface area (TPSA) is 210 Å². The lowest BCUT2D eigenvalue weighted by Gasteiger charge is -2.41. The van der Waals surface area contributed by atoms with Crippen LogP contribution in [0.5, 0.6) is 0 Å². The average Bonchev–Trinajstić information content (AvgIpc) is 3.19. The molecule has 336 valence electrons. The third-order valence-corrected chi connectivity index (χ3v) is 11.6. The number of carbonyl (C=O) groups is 2. The number of unbranched alkanes of at least 4 members (excludes halogenated alkanes) is 23. The van der Waals surface area contributed by atoms with Gasteiger partial charge in [-0.2, -0.15) is 0 Å². The first-order valence-electron chi connectivity index (χ1n) is 22.5. The van der Waals surface area contributed by atoms with Crippen LogP contribution in [0.25, 0.3) is 0 Å². The first kappa shape index (κ1) is 53.6. The highest BCUT2D eigenvalue weighted by Gasteiger charge is 2.51. The Hall–Kier alpha value is -1.41. The summed E-state index contributed by atoms with van der Waals surface area (Å²) in [5.74, 6) is -1.10. The molecule has 14 heteroatoms. The Morgan fingerprint density at radius 1 is 0.526 bits per heavy atom. The highest BCUT2D eigenvalue weighted by Crippen LogP contribution is 2.47. The molecule has 0 saturated heterocycles. The van der Waals surface area contributed by atoms with Crippen molar-refractivity contribution in [1.29, 1.82) is 0 Å². The van der Waals surface area contributed by atoms with Crippen molar-refractivity contribution in [3.8, 4) is 0 Å². The van der Waals surface area contributed by atoms with E-state index in [0.29, 0.717) is 12.8 Å². The molecule has 0 radical (unpaired) electrons. The first-order chi connectivity index (χ1) is 27.4. The molecule has 0 aromatic rings. The van der Waals surface area contributed by atoms with Gasteiger partial charge in [0, 0.05) is 12.8 Å². The van der Waals surface area contributed by atoms with Crippen LogP contribution in [0.15, 0.2) is 12.2 Å². The second-order valence-electron chi connectivity index (χ2n) is 15.9. The molecule has 0 aliphatic heterocycles. The van der Waals surface area contributed by atoms with Crippen LogP contribution in [-0.2, 0) is 32.7 Å². The average molecular weight is 837 g/mol. The van der Waals surface area contributed by atoms with Crippen LogP contribution >= 0.6 is 7.82 Å². The third kappa shape index (κ3) is 27.1. The predicted molar refractivity (Wildman–Crippen MR) is 221 cm³/mol. The van der Waals surface area contributed by atoms with E-state index in [4.69, 9.17) is 18.5 Å². The molecule has 1 fully saturated rings. The maximum Gasteiger partial charge on any atom is 0.472 e. The summed E-state index contributed by atoms with van der Waals surface area (Å²) in [7, 11) is -5.11. The van der Waals surface area contributed by atoms with Gasteiger partial charge in [0.2, 0.25) is 0 Å². The molecule has 0 spiro atoms. The van der Waals surface area contributed by atoms with E-state index in [1.165, 1.54) is 96.3 Å². The number of aliphatic hydroxyl groups excluding tert-OH is 5. The maximum atomic E-state index is 12.8. The first-order valence-corrected chi connectivity index (χ1v) is 24.0. The lowest BCUT2D eigenvalue weighted by atomic mass is 9.85. The summed E-state index contributed by atoms with van der Waals surface area (Å²) in [5, 5.41) is 50.1. The molecular formula is C43H81O13P. The number of allylic oxidation sites excluding steroid dienone is 2. The van der Waals surface area contributed by atoms with Crippen molar-refractivity contribution >= 4 is 19.8 Å². The number of hydrogen-bond acceptors (Lipinski definition) is 12. The smallest absolute Gasteiger partial charge is 0.462 e. The normalized spacial score (nSPS) is 22.7. The molecule has 0 heterocycles. The van der Waals surface area contributed by atoms with Crippen molar-refractivity contribution in [1.82, 2.24) is 0 Å². The van der Waals surface area contributed by atoms with Crippen molar-refractivity contribution in [3.63, 3.8) is 0 Å². The molecule has 0 amide bonds. The fourth-order valence-electron chi connectivity index (χ4n) is 6.93. The maximum absolute atomic E-state index is 12.8. The van der Waals surface area contributed by atoms with Gasteiger partial charge in [-0.1, -0.05) is 154 Å². The number of phosphoric ester groups is 1. The molecule has 0 aromatic carbocycles. The summed E-state index contributed by atoms with van der Waals surface area (Å²) in [4.78, 5) is 35.6. The van der Waals surface area contributed by atoms with Crippen LogP contribution in [0.1, 0.15) is 194 Å². The van der Waals surface area contributed by atoms with Gasteiger partial charge in [0.25, 0.3) is 0 Å². The van der Waals surface area contributed by atoms with E-state index in [1.54, 1.807) is 0 Å². The second kappa shape index (κ2) is 34.3. The van der Waals surface area contributed by atoms with Crippen molar-refractivity contribution < 1.29 is 63.1 Å². The van der Waals surface area contributed by atoms with Crippen LogP contribution in [0, 0.1) is 0 Å². The molecular weight excluding hydrogens is 755 g/mol. The molecule has 1 aliphatic rings. The van der Waals surface area contributed by atoms with Crippen LogP contribution in [-0.4, -0.2) is 98.3 Å². The number of esters is 2. The van der Waals surface area contributed by atoms with E-state index in [9.17, 15) is 44.6 Å². The molecule has 0 aromatic heterocycles. The minimum Gasteiger partial charge on any atom is -0.462 e. The third-order valence-electron chi connectivity index (χ3n) is 10.6. The van der Waals surface area contributed by atoms with Gasteiger partial charge in [-0.3, -0.25) is 18.6 Å². The molecule has 13 nitrogen and oxygen atoms in total. The quantitative estimate of drug-likeness (QED) is 0.0151. The number of aliphatic hydroxyl groups is 5. The van der Waals surface area contributed by atoms with E-state index in [1.807, 2.05) is 0 Å². The van der Waals surface area contributed by atoms with E-state index in [-0.39, 0.29) is 12.8 Å². The van der Waals surface area contributed by atoms with Crippen molar-refractivity contribution in [3.05, 3.63) is 12.2 Å². The molecule has 6 atom stereocenters. The zero-order valence-electron chi connectivity index (χ0n) is 35.4. The molecule has 1 saturated carbocycles. The Bertz CT molecular complexity index is 1060. The predicted octanol–water partition coefficient (Wildman–Crippen LogP) is 8.28. The standard InChI is InChI=1S/C43H81O13P/c1-3-5-7-9-11-13-15-17-18-19-20-22-23-25-27-29-31-36(44)53-33-35(55-37(45)32-30-28-26-24-21-16-14-12-10-8-6-4-2)34-54-57(51,52)56-43-41(49)39(47)38(46)40(48)42(43)50/h12,14,35,38-43,46-50H,3-11,13,15-34H2,1-2H3,(H,51,52)/b14-12-. The van der Waals surface area contributed by atoms with E-state index >= 15 is 0 Å². The summed E-state index contributed by atoms with van der Waals surface area (Å²) in [6.45, 7) is 3.27. The highest BCUT2D eigenvalue weighted by atomic mass is 31.2. The summed E-state index contributed by atoms with van der Waals surface area (Å²) in [6, 6.07) is 0. The lowest BCUT2D eigenvalue weighted by Crippen LogP contribution is -2.64. The van der Waals surface area contributed by atoms with Gasteiger partial charge in [-0.25, -0.2) is 4.57 Å². The molecule has 1 aliphatic carbocycles. The summed E-state index contributed by atoms with van der Waals surface area (Å²) < 4.78 is 33.5. The number of hydrogen-bond donors (Lipinski definition) is 6.